The summed E-state index contributed by atoms with van der Waals surface area (Å²) in [5.41, 5.74) is 16.9. The van der Waals surface area contributed by atoms with Gasteiger partial charge in [-0.2, -0.15) is 0 Å². The van der Waals surface area contributed by atoms with Gasteiger partial charge in [-0.15, -0.1) is 0 Å². The summed E-state index contributed by atoms with van der Waals surface area (Å²) in [6, 6.07) is -0.886. The molecule has 0 aliphatic carbocycles. The first-order valence-electron chi connectivity index (χ1n) is 14.3. The first-order valence-corrected chi connectivity index (χ1v) is 14.3. The molecule has 0 aromatic heterocycles. The van der Waals surface area contributed by atoms with Crippen molar-refractivity contribution in [3.8, 4) is 5.75 Å². The lowest BCUT2D eigenvalue weighted by molar-refractivity contribution is -0.141. The highest BCUT2D eigenvalue weighted by atomic mass is 16.4. The number of hydrogen-bond acceptors (Lipinski definition) is 10. The zero-order valence-corrected chi connectivity index (χ0v) is 25.0. The van der Waals surface area contributed by atoms with Crippen LogP contribution in [0.2, 0.25) is 0 Å². The van der Waals surface area contributed by atoms with Crippen molar-refractivity contribution in [2.75, 3.05) is 6.54 Å². The molecule has 0 fully saturated rings. The van der Waals surface area contributed by atoms with Gasteiger partial charge in [0.1, 0.15) is 29.9 Å². The van der Waals surface area contributed by atoms with Gasteiger partial charge in [0.2, 0.25) is 29.5 Å². The molecule has 5 amide bonds. The van der Waals surface area contributed by atoms with Crippen LogP contribution in [0.25, 0.3) is 0 Å². The predicted molar refractivity (Wildman–Crippen MR) is 159 cm³/mol. The number of unbranched alkanes of at least 4 members (excludes halogenated alkanes) is 1. The zero-order chi connectivity index (χ0) is 34.1. The summed E-state index contributed by atoms with van der Waals surface area (Å²) in [6.45, 7) is 1.52. The third-order valence-electron chi connectivity index (χ3n) is 6.64. The Hall–Kier alpha value is -4.77. The van der Waals surface area contributed by atoms with Crippen molar-refractivity contribution >= 4 is 41.5 Å². The molecule has 45 heavy (non-hydrogen) atoms. The lowest BCUT2D eigenvalue weighted by Crippen LogP contribution is -2.58. The van der Waals surface area contributed by atoms with E-state index in [1.165, 1.54) is 31.2 Å². The van der Waals surface area contributed by atoms with Gasteiger partial charge in [-0.1, -0.05) is 12.1 Å². The van der Waals surface area contributed by atoms with E-state index in [9.17, 15) is 48.9 Å². The predicted octanol–water partition coefficient (Wildman–Crippen LogP) is -2.43. The number of aromatic hydroxyl groups is 1. The van der Waals surface area contributed by atoms with Gasteiger partial charge >= 0.3 is 11.9 Å². The van der Waals surface area contributed by atoms with Crippen LogP contribution in [0.15, 0.2) is 24.3 Å². The van der Waals surface area contributed by atoms with Crippen molar-refractivity contribution in [1.82, 2.24) is 21.3 Å². The highest BCUT2D eigenvalue weighted by Crippen LogP contribution is 2.12. The summed E-state index contributed by atoms with van der Waals surface area (Å²) < 4.78 is 0. The molecule has 13 N–H and O–H groups in total. The van der Waals surface area contributed by atoms with Crippen LogP contribution in [0.3, 0.4) is 0 Å². The van der Waals surface area contributed by atoms with Crippen LogP contribution in [0.1, 0.15) is 57.4 Å². The molecule has 1 aromatic rings. The quantitative estimate of drug-likeness (QED) is 0.0629. The highest BCUT2D eigenvalue weighted by molar-refractivity contribution is 5.95. The van der Waals surface area contributed by atoms with Crippen LogP contribution in [-0.2, 0) is 40.0 Å². The molecule has 0 aliphatic heterocycles. The second-order valence-corrected chi connectivity index (χ2v) is 10.5. The third kappa shape index (κ3) is 15.0. The first kappa shape index (κ1) is 38.3. The first-order chi connectivity index (χ1) is 21.1. The van der Waals surface area contributed by atoms with Crippen LogP contribution >= 0.6 is 0 Å². The number of primary amides is 1. The number of rotatable bonds is 21. The normalized spacial score (nSPS) is 14.1. The Kier molecular flexibility index (Phi) is 16.6. The number of phenols is 1. The number of carbonyl (C=O) groups excluding carboxylic acids is 5. The number of hydrogen-bond donors (Lipinski definition) is 10. The zero-order valence-electron chi connectivity index (χ0n) is 25.0. The Balaban J connectivity index is 3.22. The minimum absolute atomic E-state index is 0.0540. The molecule has 17 heteroatoms. The van der Waals surface area contributed by atoms with Crippen molar-refractivity contribution in [1.29, 1.82) is 0 Å². The van der Waals surface area contributed by atoms with Crippen molar-refractivity contribution in [3.05, 3.63) is 29.8 Å². The average molecular weight is 638 g/mol. The van der Waals surface area contributed by atoms with E-state index in [0.717, 1.165) is 0 Å². The topological polar surface area (TPSA) is 306 Å². The number of carboxylic acids is 2. The van der Waals surface area contributed by atoms with E-state index in [2.05, 4.69) is 21.3 Å². The van der Waals surface area contributed by atoms with Crippen molar-refractivity contribution < 1.29 is 48.9 Å². The van der Waals surface area contributed by atoms with E-state index >= 15 is 0 Å². The summed E-state index contributed by atoms with van der Waals surface area (Å²) >= 11 is 0. The summed E-state index contributed by atoms with van der Waals surface area (Å²) in [7, 11) is 0. The molecular weight excluding hydrogens is 594 g/mol. The lowest BCUT2D eigenvalue weighted by Gasteiger charge is -2.26. The number of nitrogens with one attached hydrogen (secondary N) is 4. The number of aliphatic carboxylic acids is 2. The van der Waals surface area contributed by atoms with Crippen LogP contribution < -0.4 is 38.5 Å². The van der Waals surface area contributed by atoms with Crippen LogP contribution in [0.4, 0.5) is 0 Å². The van der Waals surface area contributed by atoms with Crippen molar-refractivity contribution in [2.45, 2.75) is 88.5 Å². The highest BCUT2D eigenvalue weighted by Gasteiger charge is 2.31. The molecule has 1 rings (SSSR count). The maximum absolute atomic E-state index is 13.4. The molecule has 0 radical (unpaired) electrons. The second kappa shape index (κ2) is 19.5. The number of benzene rings is 1. The Labute approximate surface area is 259 Å². The molecule has 250 valence electrons. The van der Waals surface area contributed by atoms with Crippen LogP contribution in [0, 0.1) is 0 Å². The monoisotopic (exact) mass is 637 g/mol. The SMILES string of the molecule is C[C@H](NC(=O)[C@H](Cc1ccc(O)cc1)NC(=O)[C@H](CCC(=O)O)NC(=O)[C@H](CCCCN)NC(=O)[C@@H](N)CCC(N)=O)C(=O)O. The third-order valence-corrected chi connectivity index (χ3v) is 6.64. The Morgan fingerprint density at radius 1 is 0.733 bits per heavy atom. The van der Waals surface area contributed by atoms with Crippen LogP contribution in [-0.4, -0.2) is 93.5 Å². The number of carboxylic acid groups (broad SMARTS) is 2. The molecule has 1 aromatic carbocycles. The van der Waals surface area contributed by atoms with E-state index in [-0.39, 0.29) is 31.4 Å². The maximum atomic E-state index is 13.4. The van der Waals surface area contributed by atoms with E-state index in [4.69, 9.17) is 17.2 Å². The van der Waals surface area contributed by atoms with Gasteiger partial charge in [-0.25, -0.2) is 0 Å². The molecule has 0 spiro atoms. The second-order valence-electron chi connectivity index (χ2n) is 10.5. The number of nitrogens with two attached hydrogens (primary N) is 3. The molecule has 0 unspecified atom stereocenters. The standard InChI is InChI=1S/C28H43N7O10/c1-15(28(44)45)32-27(43)21(14-16-5-7-17(36)8-6-16)35-26(42)20(10-12-23(38)39)34-25(41)19(4-2-3-13-29)33-24(40)18(30)9-11-22(31)37/h5-8,15,18-21,36H,2-4,9-14,29-30H2,1H3,(H2,31,37)(H,32,43)(H,33,40)(H,34,41)(H,35,42)(H,38,39)(H,44,45)/t15-,18-,19-,20-,21-/m0/s1. The molecule has 5 atom stereocenters. The fourth-order valence-corrected chi connectivity index (χ4v) is 4.00. The molecular formula is C28H43N7O10. The van der Waals surface area contributed by atoms with Crippen molar-refractivity contribution in [3.63, 3.8) is 0 Å². The van der Waals surface area contributed by atoms with E-state index < -0.39 is 84.5 Å². The Morgan fingerprint density at radius 3 is 1.80 bits per heavy atom. The van der Waals surface area contributed by atoms with E-state index in [0.29, 0.717) is 24.9 Å². The molecule has 17 nitrogen and oxygen atoms in total. The van der Waals surface area contributed by atoms with Crippen LogP contribution in [0.5, 0.6) is 5.75 Å². The number of carbonyl (C=O) groups is 7. The van der Waals surface area contributed by atoms with Gasteiger partial charge in [0, 0.05) is 19.3 Å². The summed E-state index contributed by atoms with van der Waals surface area (Å²) in [6.07, 6.45) is -0.354. The van der Waals surface area contributed by atoms with Gasteiger partial charge in [0.05, 0.1) is 6.04 Å². The fraction of sp³-hybridized carbons (Fsp3) is 0.536. The summed E-state index contributed by atoms with van der Waals surface area (Å²) in [5, 5.41) is 37.6. The Morgan fingerprint density at radius 2 is 1.27 bits per heavy atom. The lowest BCUT2D eigenvalue weighted by atomic mass is 10.0. The molecule has 0 saturated heterocycles. The van der Waals surface area contributed by atoms with Gasteiger partial charge in [0.15, 0.2) is 0 Å². The summed E-state index contributed by atoms with van der Waals surface area (Å²) in [5.74, 6) is -6.74. The fourth-order valence-electron chi connectivity index (χ4n) is 4.00. The minimum atomic E-state index is -1.49. The summed E-state index contributed by atoms with van der Waals surface area (Å²) in [4.78, 5) is 86.0. The largest absolute Gasteiger partial charge is 0.508 e. The minimum Gasteiger partial charge on any atom is -0.508 e. The van der Waals surface area contributed by atoms with Gasteiger partial charge in [-0.3, -0.25) is 33.6 Å². The molecule has 0 heterocycles. The van der Waals surface area contributed by atoms with Gasteiger partial charge in [0.25, 0.3) is 0 Å². The molecule has 0 aliphatic rings. The average Bonchev–Trinajstić information content (AvgIpc) is 2.97. The maximum Gasteiger partial charge on any atom is 0.325 e. The van der Waals surface area contributed by atoms with Gasteiger partial charge in [-0.05, 0) is 63.3 Å². The Bertz CT molecular complexity index is 1190. The van der Waals surface area contributed by atoms with Crippen molar-refractivity contribution in [2.24, 2.45) is 17.2 Å². The number of phenolic OH excluding ortho intramolecular Hbond substituents is 1. The number of amides is 5. The van der Waals surface area contributed by atoms with Gasteiger partial charge < -0.3 is 53.8 Å². The smallest absolute Gasteiger partial charge is 0.325 e. The molecule has 0 saturated carbocycles. The van der Waals surface area contributed by atoms with E-state index in [1.54, 1.807) is 0 Å². The van der Waals surface area contributed by atoms with E-state index in [1.807, 2.05) is 0 Å². The molecule has 0 bridgehead atoms.